The van der Waals surface area contributed by atoms with Crippen LogP contribution in [0.1, 0.15) is 27.0 Å². The molecule has 138 valence electrons. The number of aryl methyl sites for hydroxylation is 3. The summed E-state index contributed by atoms with van der Waals surface area (Å²) in [5.74, 6) is 0.398. The summed E-state index contributed by atoms with van der Waals surface area (Å²) < 4.78 is 10.4. The van der Waals surface area contributed by atoms with Crippen LogP contribution in [0.4, 0.5) is 10.5 Å². The topological polar surface area (TPSA) is 76.7 Å². The van der Waals surface area contributed by atoms with E-state index in [9.17, 15) is 9.59 Å². The van der Waals surface area contributed by atoms with Gasteiger partial charge < -0.3 is 20.1 Å². The predicted octanol–water partition coefficient (Wildman–Crippen LogP) is 3.60. The highest BCUT2D eigenvalue weighted by Gasteiger charge is 2.08. The molecule has 26 heavy (non-hydrogen) atoms. The lowest BCUT2D eigenvalue weighted by atomic mass is 10.1. The Bertz CT molecular complexity index is 779. The molecule has 0 heterocycles. The number of hydrogen-bond acceptors (Lipinski definition) is 4. The van der Waals surface area contributed by atoms with Crippen molar-refractivity contribution in [2.24, 2.45) is 0 Å². The van der Waals surface area contributed by atoms with Gasteiger partial charge in [0.15, 0.2) is 0 Å². The molecule has 0 saturated carbocycles. The lowest BCUT2D eigenvalue weighted by molar-refractivity contribution is 0.0600. The van der Waals surface area contributed by atoms with Gasteiger partial charge in [0.1, 0.15) is 12.4 Å². The Kier molecular flexibility index (Phi) is 6.60. The van der Waals surface area contributed by atoms with E-state index in [0.29, 0.717) is 24.4 Å². The molecule has 0 fully saturated rings. The van der Waals surface area contributed by atoms with Crippen LogP contribution in [-0.2, 0) is 4.74 Å². The number of esters is 1. The number of carbonyl (C=O) groups excluding carboxylic acids is 2. The molecule has 2 N–H and O–H groups in total. The molecule has 0 radical (unpaired) electrons. The minimum atomic E-state index is -0.453. The smallest absolute Gasteiger partial charge is 0.337 e. The molecule has 2 aromatic rings. The Morgan fingerprint density at radius 1 is 1.04 bits per heavy atom. The number of urea groups is 1. The van der Waals surface area contributed by atoms with Crippen molar-refractivity contribution in [1.29, 1.82) is 0 Å². The maximum atomic E-state index is 12.0. The fraction of sp³-hybridized carbons (Fsp3) is 0.300. The van der Waals surface area contributed by atoms with Gasteiger partial charge in [-0.05, 0) is 50.1 Å². The first-order chi connectivity index (χ1) is 12.4. The zero-order valence-electron chi connectivity index (χ0n) is 15.5. The Morgan fingerprint density at radius 2 is 1.73 bits per heavy atom. The molecule has 6 nitrogen and oxygen atoms in total. The average molecular weight is 356 g/mol. The Morgan fingerprint density at radius 3 is 2.38 bits per heavy atom. The summed E-state index contributed by atoms with van der Waals surface area (Å²) in [7, 11) is 1.31. The van der Waals surface area contributed by atoms with Crippen molar-refractivity contribution in [1.82, 2.24) is 5.32 Å². The molecule has 0 unspecified atom stereocenters. The van der Waals surface area contributed by atoms with Crippen LogP contribution in [0.3, 0.4) is 0 Å². The van der Waals surface area contributed by atoms with Crippen LogP contribution < -0.4 is 15.4 Å². The van der Waals surface area contributed by atoms with Crippen LogP contribution in [-0.4, -0.2) is 32.3 Å². The number of methoxy groups -OCH3 is 1. The molecule has 0 bridgehead atoms. The van der Waals surface area contributed by atoms with E-state index >= 15 is 0 Å². The third-order valence-corrected chi connectivity index (χ3v) is 3.78. The molecule has 0 aliphatic carbocycles. The van der Waals surface area contributed by atoms with Crippen molar-refractivity contribution in [2.45, 2.75) is 20.8 Å². The fourth-order valence-electron chi connectivity index (χ4n) is 2.73. The third kappa shape index (κ3) is 5.24. The van der Waals surface area contributed by atoms with Gasteiger partial charge in [-0.15, -0.1) is 0 Å². The second-order valence-corrected chi connectivity index (χ2v) is 6.03. The molecule has 0 atom stereocenters. The number of anilines is 1. The fourth-order valence-corrected chi connectivity index (χ4v) is 2.73. The summed E-state index contributed by atoms with van der Waals surface area (Å²) in [6.45, 7) is 6.77. The van der Waals surface area contributed by atoms with Gasteiger partial charge in [-0.1, -0.05) is 23.8 Å². The number of amides is 2. The van der Waals surface area contributed by atoms with E-state index in [0.717, 1.165) is 16.9 Å². The van der Waals surface area contributed by atoms with E-state index in [1.807, 2.05) is 20.8 Å². The van der Waals surface area contributed by atoms with E-state index in [-0.39, 0.29) is 6.03 Å². The molecule has 2 rings (SSSR count). The number of hydrogen-bond donors (Lipinski definition) is 2. The number of ether oxygens (including phenoxy) is 2. The molecule has 0 spiro atoms. The van der Waals surface area contributed by atoms with Gasteiger partial charge in [-0.25, -0.2) is 9.59 Å². The number of carbonyl (C=O) groups is 2. The number of benzene rings is 2. The molecule has 0 aliphatic rings. The maximum Gasteiger partial charge on any atom is 0.337 e. The quantitative estimate of drug-likeness (QED) is 0.612. The van der Waals surface area contributed by atoms with Crippen LogP contribution in [0.15, 0.2) is 36.4 Å². The minimum Gasteiger partial charge on any atom is -0.491 e. The van der Waals surface area contributed by atoms with Crippen molar-refractivity contribution in [3.8, 4) is 5.75 Å². The lowest BCUT2D eigenvalue weighted by Crippen LogP contribution is -2.32. The highest BCUT2D eigenvalue weighted by molar-refractivity contribution is 5.93. The van der Waals surface area contributed by atoms with E-state index in [1.165, 1.54) is 12.7 Å². The molecule has 2 aromatic carbocycles. The zero-order chi connectivity index (χ0) is 19.1. The van der Waals surface area contributed by atoms with Gasteiger partial charge in [-0.3, -0.25) is 0 Å². The maximum absolute atomic E-state index is 12.0. The standard InChI is InChI=1S/C20H24N2O4/c1-13-10-14(2)18(15(3)11-13)26-9-8-21-20(24)22-17-7-5-6-16(12-17)19(23)25-4/h5-7,10-12H,8-9H2,1-4H3,(H2,21,22,24). The molecule has 0 saturated heterocycles. The normalized spacial score (nSPS) is 10.2. The van der Waals surface area contributed by atoms with Crippen molar-refractivity contribution in [2.75, 3.05) is 25.6 Å². The molecular weight excluding hydrogens is 332 g/mol. The van der Waals surface area contributed by atoms with Gasteiger partial charge >= 0.3 is 12.0 Å². The highest BCUT2D eigenvalue weighted by Crippen LogP contribution is 2.24. The van der Waals surface area contributed by atoms with Crippen LogP contribution in [0.25, 0.3) is 0 Å². The first-order valence-corrected chi connectivity index (χ1v) is 8.34. The van der Waals surface area contributed by atoms with E-state index < -0.39 is 5.97 Å². The zero-order valence-corrected chi connectivity index (χ0v) is 15.5. The predicted molar refractivity (Wildman–Crippen MR) is 101 cm³/mol. The highest BCUT2D eigenvalue weighted by atomic mass is 16.5. The number of nitrogens with one attached hydrogen (secondary N) is 2. The second kappa shape index (κ2) is 8.89. The summed E-state index contributed by atoms with van der Waals surface area (Å²) in [5.41, 5.74) is 4.23. The molecule has 0 aromatic heterocycles. The summed E-state index contributed by atoms with van der Waals surface area (Å²) >= 11 is 0. The van der Waals surface area contributed by atoms with E-state index in [1.54, 1.807) is 24.3 Å². The molecular formula is C20H24N2O4. The van der Waals surface area contributed by atoms with Gasteiger partial charge in [0, 0.05) is 5.69 Å². The lowest BCUT2D eigenvalue weighted by Gasteiger charge is -2.14. The van der Waals surface area contributed by atoms with Crippen molar-refractivity contribution < 1.29 is 19.1 Å². The third-order valence-electron chi connectivity index (χ3n) is 3.78. The largest absolute Gasteiger partial charge is 0.491 e. The molecule has 0 aliphatic heterocycles. The Labute approximate surface area is 153 Å². The minimum absolute atomic E-state index is 0.356. The Balaban J connectivity index is 1.82. The van der Waals surface area contributed by atoms with Crippen LogP contribution in [0, 0.1) is 20.8 Å². The van der Waals surface area contributed by atoms with Gasteiger partial charge in [0.05, 0.1) is 19.2 Å². The summed E-state index contributed by atoms with van der Waals surface area (Å²) in [6, 6.07) is 10.3. The van der Waals surface area contributed by atoms with Crippen molar-refractivity contribution in [3.63, 3.8) is 0 Å². The number of rotatable bonds is 6. The first-order valence-electron chi connectivity index (χ1n) is 8.34. The van der Waals surface area contributed by atoms with Gasteiger partial charge in [0.25, 0.3) is 0 Å². The van der Waals surface area contributed by atoms with Crippen molar-refractivity contribution in [3.05, 3.63) is 58.7 Å². The SMILES string of the molecule is COC(=O)c1cccc(NC(=O)NCCOc2c(C)cc(C)cc2C)c1. The second-order valence-electron chi connectivity index (χ2n) is 6.03. The monoisotopic (exact) mass is 356 g/mol. The summed E-state index contributed by atoms with van der Waals surface area (Å²) in [6.07, 6.45) is 0. The van der Waals surface area contributed by atoms with Gasteiger partial charge in [0.2, 0.25) is 0 Å². The summed E-state index contributed by atoms with van der Waals surface area (Å²) in [5, 5.41) is 5.40. The van der Waals surface area contributed by atoms with Crippen molar-refractivity contribution >= 4 is 17.7 Å². The average Bonchev–Trinajstić information content (AvgIpc) is 2.59. The van der Waals surface area contributed by atoms with E-state index in [2.05, 4.69) is 27.5 Å². The van der Waals surface area contributed by atoms with Gasteiger partial charge in [-0.2, -0.15) is 0 Å². The molecule has 6 heteroatoms. The molecule has 2 amide bonds. The first kappa shape index (κ1) is 19.3. The Hall–Kier alpha value is -3.02. The van der Waals surface area contributed by atoms with E-state index in [4.69, 9.17) is 4.74 Å². The van der Waals surface area contributed by atoms with Crippen LogP contribution >= 0.6 is 0 Å². The van der Waals surface area contributed by atoms with Crippen LogP contribution in [0.5, 0.6) is 5.75 Å². The van der Waals surface area contributed by atoms with Crippen LogP contribution in [0.2, 0.25) is 0 Å². The summed E-state index contributed by atoms with van der Waals surface area (Å²) in [4.78, 5) is 23.5.